The van der Waals surface area contributed by atoms with Gasteiger partial charge in [-0.25, -0.2) is 18.5 Å². The number of nitrogens with two attached hydrogens (primary N) is 1. The van der Waals surface area contributed by atoms with Crippen LogP contribution in [0, 0.1) is 5.92 Å². The minimum Gasteiger partial charge on any atom is -0.497 e. The van der Waals surface area contributed by atoms with Crippen molar-refractivity contribution in [3.63, 3.8) is 0 Å². The van der Waals surface area contributed by atoms with Gasteiger partial charge in [-0.15, -0.1) is 0 Å². The molecular formula is C28H23N5O7S3. The highest BCUT2D eigenvalue weighted by Gasteiger charge is 2.56. The predicted octanol–water partition coefficient (Wildman–Crippen LogP) is 2.40. The first-order valence-corrected chi connectivity index (χ1v) is 16.1. The summed E-state index contributed by atoms with van der Waals surface area (Å²) in [7, 11) is -2.38. The molecule has 3 unspecified atom stereocenters. The number of rotatable bonds is 7. The van der Waals surface area contributed by atoms with E-state index in [1.54, 1.807) is 48.8 Å². The Kier molecular flexibility index (Phi) is 7.41. The first-order valence-electron chi connectivity index (χ1n) is 12.8. The molecule has 2 aliphatic rings. The largest absolute Gasteiger partial charge is 0.497 e. The number of thioether (sulfide) groups is 1. The van der Waals surface area contributed by atoms with Crippen LogP contribution >= 0.6 is 23.1 Å². The van der Waals surface area contributed by atoms with Crippen molar-refractivity contribution in [3.8, 4) is 5.75 Å². The molecule has 43 heavy (non-hydrogen) atoms. The van der Waals surface area contributed by atoms with Crippen molar-refractivity contribution < 1.29 is 27.5 Å². The monoisotopic (exact) mass is 637 g/mol. The number of sulfonamides is 1. The number of thiazole rings is 1. The van der Waals surface area contributed by atoms with Gasteiger partial charge in [0.2, 0.25) is 27.7 Å². The molecule has 1 fully saturated rings. The summed E-state index contributed by atoms with van der Waals surface area (Å²) in [4.78, 5) is 59.4. The maximum absolute atomic E-state index is 13.9. The summed E-state index contributed by atoms with van der Waals surface area (Å²) < 4.78 is 29.6. The van der Waals surface area contributed by atoms with Crippen molar-refractivity contribution >= 4 is 62.2 Å². The lowest BCUT2D eigenvalue weighted by molar-refractivity contribution is -0.122. The van der Waals surface area contributed by atoms with Crippen LogP contribution < -0.4 is 25.0 Å². The van der Waals surface area contributed by atoms with Gasteiger partial charge in [-0.05, 0) is 60.2 Å². The van der Waals surface area contributed by atoms with E-state index in [1.165, 1.54) is 40.8 Å². The third-order valence-corrected chi connectivity index (χ3v) is 10.7. The number of carbonyl (C=O) groups excluding carboxylic acids is 3. The Bertz CT molecular complexity index is 1910. The number of benzene rings is 2. The Balaban J connectivity index is 1.34. The third kappa shape index (κ3) is 5.24. The first-order chi connectivity index (χ1) is 20.6. The zero-order chi connectivity index (χ0) is 30.5. The molecule has 3 atom stereocenters. The molecule has 4 heterocycles. The summed E-state index contributed by atoms with van der Waals surface area (Å²) in [5.74, 6) is -2.21. The molecule has 4 aromatic rings. The molecule has 2 aromatic heterocycles. The van der Waals surface area contributed by atoms with Gasteiger partial charge >= 0.3 is 4.87 Å². The molecule has 0 radical (unpaired) electrons. The molecule has 3 amide bonds. The van der Waals surface area contributed by atoms with Crippen LogP contribution in [0.3, 0.4) is 0 Å². The van der Waals surface area contributed by atoms with E-state index >= 15 is 0 Å². The number of hydrogen-bond acceptors (Lipinski definition) is 10. The van der Waals surface area contributed by atoms with Crippen LogP contribution in [0.1, 0.15) is 16.4 Å². The number of carbonyl (C=O) groups is 3. The smallest absolute Gasteiger partial charge is 0.308 e. The summed E-state index contributed by atoms with van der Waals surface area (Å²) in [6.45, 7) is -0.365. The maximum atomic E-state index is 13.9. The number of imide groups is 1. The van der Waals surface area contributed by atoms with E-state index in [4.69, 9.17) is 9.88 Å². The molecule has 3 N–H and O–H groups in total. The van der Waals surface area contributed by atoms with Crippen molar-refractivity contribution in [1.29, 1.82) is 0 Å². The summed E-state index contributed by atoms with van der Waals surface area (Å²) in [6.07, 6.45) is 3.21. The average Bonchev–Trinajstić information content (AvgIpc) is 3.43. The second-order valence-corrected chi connectivity index (χ2v) is 13.5. The molecule has 0 aliphatic carbocycles. The van der Waals surface area contributed by atoms with Gasteiger partial charge in [0.05, 0.1) is 28.6 Å². The van der Waals surface area contributed by atoms with Gasteiger partial charge < -0.3 is 10.1 Å². The summed E-state index contributed by atoms with van der Waals surface area (Å²) in [6, 6.07) is 15.4. The number of nitrogens with zero attached hydrogens (tertiary/aromatic N) is 3. The molecule has 1 saturated heterocycles. The summed E-state index contributed by atoms with van der Waals surface area (Å²) in [5.41, 5.74) is 1.39. The molecule has 2 aliphatic heterocycles. The van der Waals surface area contributed by atoms with Gasteiger partial charge in [0.1, 0.15) is 17.5 Å². The van der Waals surface area contributed by atoms with Crippen LogP contribution in [-0.4, -0.2) is 48.1 Å². The molecule has 12 nitrogen and oxygen atoms in total. The molecular weight excluding hydrogens is 615 g/mol. The van der Waals surface area contributed by atoms with Gasteiger partial charge in [0.25, 0.3) is 0 Å². The van der Waals surface area contributed by atoms with Crippen LogP contribution in [-0.2, 0) is 31.0 Å². The lowest BCUT2D eigenvalue weighted by atomic mass is 9.84. The fourth-order valence-corrected chi connectivity index (χ4v) is 8.52. The molecule has 0 bridgehead atoms. The number of fused-ring (bicyclic) bond motifs is 2. The van der Waals surface area contributed by atoms with Crippen molar-refractivity contribution in [1.82, 2.24) is 9.55 Å². The lowest BCUT2D eigenvalue weighted by Crippen LogP contribution is -2.33. The van der Waals surface area contributed by atoms with E-state index in [0.29, 0.717) is 32.6 Å². The number of amides is 3. The maximum Gasteiger partial charge on any atom is 0.308 e. The molecule has 15 heteroatoms. The van der Waals surface area contributed by atoms with E-state index < -0.39 is 43.8 Å². The molecule has 0 spiro atoms. The van der Waals surface area contributed by atoms with Gasteiger partial charge in [-0.2, -0.15) is 0 Å². The van der Waals surface area contributed by atoms with Gasteiger partial charge in [0, 0.05) is 28.9 Å². The predicted molar refractivity (Wildman–Crippen MR) is 160 cm³/mol. The zero-order valence-corrected chi connectivity index (χ0v) is 24.8. The molecule has 0 saturated carbocycles. The number of hydrogen-bond donors (Lipinski definition) is 2. The fraction of sp³-hybridized carbons (Fsp3) is 0.179. The van der Waals surface area contributed by atoms with E-state index in [-0.39, 0.29) is 17.3 Å². The summed E-state index contributed by atoms with van der Waals surface area (Å²) in [5, 5.41) is 7.36. The van der Waals surface area contributed by atoms with E-state index in [9.17, 15) is 27.6 Å². The highest BCUT2D eigenvalue weighted by Crippen LogP contribution is 2.53. The quantitative estimate of drug-likeness (QED) is 0.289. The highest BCUT2D eigenvalue weighted by atomic mass is 32.2. The average molecular weight is 638 g/mol. The Morgan fingerprint density at radius 2 is 1.77 bits per heavy atom. The Morgan fingerprint density at radius 1 is 1.05 bits per heavy atom. The van der Waals surface area contributed by atoms with Crippen LogP contribution in [0.5, 0.6) is 5.75 Å². The Hall–Kier alpha value is -4.31. The number of aromatic nitrogens is 2. The van der Waals surface area contributed by atoms with Gasteiger partial charge in [-0.3, -0.25) is 28.7 Å². The Labute approximate surface area is 253 Å². The molecule has 2 aromatic carbocycles. The minimum atomic E-state index is -3.90. The van der Waals surface area contributed by atoms with Crippen LogP contribution in [0.15, 0.2) is 87.8 Å². The molecule has 220 valence electrons. The zero-order valence-electron chi connectivity index (χ0n) is 22.4. The van der Waals surface area contributed by atoms with Crippen molar-refractivity contribution in [3.05, 3.63) is 93.2 Å². The summed E-state index contributed by atoms with van der Waals surface area (Å²) >= 11 is 2.03. The van der Waals surface area contributed by atoms with Crippen molar-refractivity contribution in [2.45, 2.75) is 27.6 Å². The number of nitrogens with one attached hydrogen (secondary N) is 1. The topological polar surface area (TPSA) is 171 Å². The van der Waals surface area contributed by atoms with Crippen molar-refractivity contribution in [2.24, 2.45) is 11.1 Å². The lowest BCUT2D eigenvalue weighted by Gasteiger charge is -2.30. The normalized spacial score (nSPS) is 19.6. The van der Waals surface area contributed by atoms with Crippen molar-refractivity contribution in [2.75, 3.05) is 17.3 Å². The second-order valence-electron chi connectivity index (χ2n) is 9.78. The van der Waals surface area contributed by atoms with Crippen LogP contribution in [0.4, 0.5) is 11.4 Å². The van der Waals surface area contributed by atoms with E-state index in [2.05, 4.69) is 10.3 Å². The highest BCUT2D eigenvalue weighted by molar-refractivity contribution is 8.00. The number of anilines is 2. The first kappa shape index (κ1) is 28.8. The number of pyridine rings is 1. The second kappa shape index (κ2) is 11.1. The standard InChI is InChI=1S/C28H23N5O7S3/c1-40-18-8-6-17(7-9-18)33-25(35)22-21(15-3-2-12-30-13-15)24-27(41-23(22)26(33)36)32(28(37)42-24)14-20(34)31-16-4-10-19(11-5-16)43(29,38)39/h2-13,21-23H,14H2,1H3,(H,31,34)(H2,29,38,39). The van der Waals surface area contributed by atoms with Gasteiger partial charge in [0.15, 0.2) is 0 Å². The number of ether oxygens (including phenoxy) is 1. The van der Waals surface area contributed by atoms with E-state index in [0.717, 1.165) is 23.1 Å². The SMILES string of the molecule is COc1ccc(N2C(=O)C3Sc4c(sc(=O)n4CC(=O)Nc4ccc(S(N)(=O)=O)cc4)C(c4cccnc4)C3C2=O)cc1. The number of primary sulfonamides is 1. The van der Waals surface area contributed by atoms with Crippen LogP contribution in [0.25, 0.3) is 0 Å². The van der Waals surface area contributed by atoms with Crippen LogP contribution in [0.2, 0.25) is 0 Å². The number of methoxy groups -OCH3 is 1. The fourth-order valence-electron chi connectivity index (χ4n) is 5.23. The third-order valence-electron chi connectivity index (χ3n) is 7.19. The minimum absolute atomic E-state index is 0.111. The molecule has 6 rings (SSSR count). The van der Waals surface area contributed by atoms with E-state index in [1.807, 2.05) is 0 Å². The Morgan fingerprint density at radius 3 is 2.40 bits per heavy atom. The van der Waals surface area contributed by atoms with Gasteiger partial charge in [-0.1, -0.05) is 29.2 Å².